The van der Waals surface area contributed by atoms with Crippen LogP contribution in [0.1, 0.15) is 32.1 Å². The number of nitrogens with one attached hydrogen (secondary N) is 1. The largest absolute Gasteiger partial charge is 0.378 e. The maximum Gasteiger partial charge on any atom is 0.246 e. The Labute approximate surface area is 106 Å². The van der Waals surface area contributed by atoms with Gasteiger partial charge in [-0.3, -0.25) is 19.7 Å². The zero-order chi connectivity index (χ0) is 13.0. The van der Waals surface area contributed by atoms with Crippen LogP contribution in [-0.4, -0.2) is 48.4 Å². The molecule has 0 aromatic heterocycles. The first-order valence-electron chi connectivity index (χ1n) is 6.37. The molecule has 0 aromatic rings. The Balaban J connectivity index is 1.76. The molecule has 1 atom stereocenters. The number of hydrogen-bond donors (Lipinski definition) is 1. The van der Waals surface area contributed by atoms with Crippen molar-refractivity contribution in [1.82, 2.24) is 10.2 Å². The highest BCUT2D eigenvalue weighted by Gasteiger charge is 2.26. The molecule has 2 saturated heterocycles. The minimum atomic E-state index is -0.409. The lowest BCUT2D eigenvalue weighted by atomic mass is 10.0. The minimum Gasteiger partial charge on any atom is -0.378 e. The molecule has 0 aliphatic carbocycles. The third-order valence-electron chi connectivity index (χ3n) is 3.25. The number of imide groups is 1. The van der Waals surface area contributed by atoms with Crippen molar-refractivity contribution in [1.29, 1.82) is 0 Å². The van der Waals surface area contributed by atoms with E-state index in [4.69, 9.17) is 4.74 Å². The van der Waals surface area contributed by atoms with E-state index in [1.807, 2.05) is 0 Å². The Hall–Kier alpha value is -1.43. The van der Waals surface area contributed by atoms with E-state index < -0.39 is 11.8 Å². The number of ether oxygens (including phenoxy) is 1. The second kappa shape index (κ2) is 5.95. The number of carbonyl (C=O) groups excluding carboxylic acids is 3. The zero-order valence-corrected chi connectivity index (χ0v) is 10.3. The van der Waals surface area contributed by atoms with Crippen LogP contribution in [0.25, 0.3) is 0 Å². The maximum atomic E-state index is 11.9. The van der Waals surface area contributed by atoms with E-state index in [1.54, 1.807) is 0 Å². The second-order valence-electron chi connectivity index (χ2n) is 4.75. The Bertz CT molecular complexity index is 334. The predicted molar refractivity (Wildman–Crippen MR) is 62.6 cm³/mol. The maximum absolute atomic E-state index is 11.9. The molecule has 3 amide bonds. The van der Waals surface area contributed by atoms with E-state index in [0.717, 1.165) is 25.9 Å². The van der Waals surface area contributed by atoms with Crippen molar-refractivity contribution in [3.8, 4) is 0 Å². The molecule has 0 bridgehead atoms. The van der Waals surface area contributed by atoms with Gasteiger partial charge >= 0.3 is 0 Å². The third-order valence-corrected chi connectivity index (χ3v) is 3.25. The monoisotopic (exact) mass is 254 g/mol. The lowest BCUT2D eigenvalue weighted by Gasteiger charge is -2.27. The Kier molecular flexibility index (Phi) is 4.30. The summed E-state index contributed by atoms with van der Waals surface area (Å²) >= 11 is 0. The molecule has 0 saturated carbocycles. The summed E-state index contributed by atoms with van der Waals surface area (Å²) in [5.41, 5.74) is 0. The zero-order valence-electron chi connectivity index (χ0n) is 10.3. The van der Waals surface area contributed by atoms with Crippen LogP contribution in [0, 0.1) is 0 Å². The highest BCUT2D eigenvalue weighted by atomic mass is 16.5. The number of rotatable bonds is 3. The molecule has 100 valence electrons. The molecule has 2 aliphatic heterocycles. The van der Waals surface area contributed by atoms with Gasteiger partial charge in [-0.1, -0.05) is 0 Å². The number of hydrogen-bond acceptors (Lipinski definition) is 4. The van der Waals surface area contributed by atoms with Crippen molar-refractivity contribution in [2.24, 2.45) is 0 Å². The van der Waals surface area contributed by atoms with Gasteiger partial charge in [0.05, 0.1) is 6.10 Å². The molecular weight excluding hydrogens is 236 g/mol. The fourth-order valence-electron chi connectivity index (χ4n) is 2.29. The number of piperazine rings is 1. The number of nitrogens with zero attached hydrogens (tertiary/aromatic N) is 1. The van der Waals surface area contributed by atoms with E-state index in [9.17, 15) is 14.4 Å². The number of amides is 3. The summed E-state index contributed by atoms with van der Waals surface area (Å²) in [6.45, 7) is 0.732. The summed E-state index contributed by atoms with van der Waals surface area (Å²) in [4.78, 5) is 35.5. The smallest absolute Gasteiger partial charge is 0.246 e. The summed E-state index contributed by atoms with van der Waals surface area (Å²) in [5.74, 6) is -0.964. The van der Waals surface area contributed by atoms with Gasteiger partial charge in [-0.25, -0.2) is 0 Å². The summed E-state index contributed by atoms with van der Waals surface area (Å²) in [6.07, 6.45) is 4.38. The van der Waals surface area contributed by atoms with Crippen molar-refractivity contribution in [2.45, 2.75) is 38.2 Å². The van der Waals surface area contributed by atoms with Gasteiger partial charge in [0.25, 0.3) is 0 Å². The Morgan fingerprint density at radius 1 is 1.28 bits per heavy atom. The van der Waals surface area contributed by atoms with Crippen molar-refractivity contribution < 1.29 is 19.1 Å². The molecule has 0 radical (unpaired) electrons. The molecule has 6 heteroatoms. The Morgan fingerprint density at radius 2 is 2.00 bits per heavy atom. The van der Waals surface area contributed by atoms with Gasteiger partial charge in [0.1, 0.15) is 13.1 Å². The quantitative estimate of drug-likeness (QED) is 0.709. The van der Waals surface area contributed by atoms with Crippen LogP contribution < -0.4 is 5.32 Å². The topological polar surface area (TPSA) is 75.7 Å². The third kappa shape index (κ3) is 3.53. The van der Waals surface area contributed by atoms with Gasteiger partial charge in [0.2, 0.25) is 17.7 Å². The average molecular weight is 254 g/mol. The predicted octanol–water partition coefficient (Wildman–Crippen LogP) is -0.179. The normalized spacial score (nSPS) is 24.9. The van der Waals surface area contributed by atoms with Crippen LogP contribution in [0.4, 0.5) is 0 Å². The lowest BCUT2D eigenvalue weighted by molar-refractivity contribution is -0.145. The number of carbonyl (C=O) groups is 3. The average Bonchev–Trinajstić information content (AvgIpc) is 2.36. The van der Waals surface area contributed by atoms with Crippen molar-refractivity contribution in [2.75, 3.05) is 19.7 Å². The molecule has 2 heterocycles. The van der Waals surface area contributed by atoms with E-state index in [0.29, 0.717) is 12.8 Å². The van der Waals surface area contributed by atoms with Gasteiger partial charge < -0.3 is 9.64 Å². The van der Waals surface area contributed by atoms with Gasteiger partial charge in [0.15, 0.2) is 0 Å². The van der Waals surface area contributed by atoms with Crippen LogP contribution in [-0.2, 0) is 19.1 Å². The molecule has 0 aromatic carbocycles. The standard InChI is InChI=1S/C12H18N2O4/c15-10-7-14(8-11(16)13-10)12(17)5-4-9-3-1-2-6-18-9/h9H,1-8H2,(H,13,15,16). The molecule has 2 fully saturated rings. The van der Waals surface area contributed by atoms with E-state index in [-0.39, 0.29) is 25.1 Å². The highest BCUT2D eigenvalue weighted by Crippen LogP contribution is 2.17. The van der Waals surface area contributed by atoms with Gasteiger partial charge in [0, 0.05) is 13.0 Å². The molecular formula is C12H18N2O4. The summed E-state index contributed by atoms with van der Waals surface area (Å²) in [5, 5.41) is 2.17. The fraction of sp³-hybridized carbons (Fsp3) is 0.750. The van der Waals surface area contributed by atoms with E-state index >= 15 is 0 Å². The SMILES string of the molecule is O=C1CN(C(=O)CCC2CCCCO2)CC(=O)N1. The lowest BCUT2D eigenvalue weighted by Crippen LogP contribution is -2.53. The summed E-state index contributed by atoms with van der Waals surface area (Å²) in [7, 11) is 0. The summed E-state index contributed by atoms with van der Waals surface area (Å²) in [6, 6.07) is 0. The fourth-order valence-corrected chi connectivity index (χ4v) is 2.29. The van der Waals surface area contributed by atoms with Crippen LogP contribution in [0.5, 0.6) is 0 Å². The van der Waals surface area contributed by atoms with Gasteiger partial charge in [-0.05, 0) is 25.7 Å². The van der Waals surface area contributed by atoms with E-state index in [2.05, 4.69) is 5.32 Å². The van der Waals surface area contributed by atoms with Crippen molar-refractivity contribution in [3.05, 3.63) is 0 Å². The van der Waals surface area contributed by atoms with Crippen LogP contribution in [0.2, 0.25) is 0 Å². The molecule has 1 N–H and O–H groups in total. The highest BCUT2D eigenvalue weighted by molar-refractivity contribution is 6.02. The molecule has 2 aliphatic rings. The first-order valence-corrected chi connectivity index (χ1v) is 6.37. The first kappa shape index (κ1) is 13.0. The van der Waals surface area contributed by atoms with Crippen LogP contribution in [0.3, 0.4) is 0 Å². The summed E-state index contributed by atoms with van der Waals surface area (Å²) < 4.78 is 5.54. The molecule has 6 nitrogen and oxygen atoms in total. The van der Waals surface area contributed by atoms with Crippen LogP contribution in [0.15, 0.2) is 0 Å². The molecule has 2 rings (SSSR count). The van der Waals surface area contributed by atoms with Crippen molar-refractivity contribution in [3.63, 3.8) is 0 Å². The molecule has 18 heavy (non-hydrogen) atoms. The minimum absolute atomic E-state index is 0.0178. The Morgan fingerprint density at radius 3 is 2.61 bits per heavy atom. The van der Waals surface area contributed by atoms with Gasteiger partial charge in [-0.15, -0.1) is 0 Å². The first-order chi connectivity index (χ1) is 8.65. The molecule has 0 spiro atoms. The van der Waals surface area contributed by atoms with E-state index in [1.165, 1.54) is 4.90 Å². The van der Waals surface area contributed by atoms with Gasteiger partial charge in [-0.2, -0.15) is 0 Å². The second-order valence-corrected chi connectivity index (χ2v) is 4.75. The van der Waals surface area contributed by atoms with Crippen LogP contribution >= 0.6 is 0 Å². The molecule has 1 unspecified atom stereocenters. The van der Waals surface area contributed by atoms with Crippen molar-refractivity contribution >= 4 is 17.7 Å².